The van der Waals surface area contributed by atoms with Gasteiger partial charge in [0.15, 0.2) is 0 Å². The Morgan fingerprint density at radius 3 is 2.22 bits per heavy atom. The minimum atomic E-state index is -1.16. The molecular weight excluding hydrogens is 296 g/mol. The third-order valence-corrected chi connectivity index (χ3v) is 3.98. The fraction of sp³-hybridized carbons (Fsp3) is 0.556. The summed E-state index contributed by atoms with van der Waals surface area (Å²) in [6.07, 6.45) is -0.718. The van der Waals surface area contributed by atoms with E-state index >= 15 is 0 Å². The van der Waals surface area contributed by atoms with E-state index in [4.69, 9.17) is 9.47 Å². The van der Waals surface area contributed by atoms with E-state index in [1.807, 2.05) is 37.3 Å². The standard InChI is InChI=1S/C18H26O5/c1-4-18(17(21)23-6-3,13-14-10-8-7-9-11-14)15(19)12-16(20)22-5-2/h7-11,15,19H,4-6,12-13H2,1-3H3. The molecule has 0 fully saturated rings. The molecule has 0 amide bonds. The maximum absolute atomic E-state index is 12.5. The van der Waals surface area contributed by atoms with E-state index in [2.05, 4.69) is 0 Å². The quantitative estimate of drug-likeness (QED) is 0.707. The summed E-state index contributed by atoms with van der Waals surface area (Å²) >= 11 is 0. The predicted molar refractivity (Wildman–Crippen MR) is 86.8 cm³/mol. The number of esters is 2. The van der Waals surface area contributed by atoms with Crippen LogP contribution in [0, 0.1) is 5.41 Å². The van der Waals surface area contributed by atoms with Gasteiger partial charge in [-0.1, -0.05) is 37.3 Å². The van der Waals surface area contributed by atoms with Crippen LogP contribution in [-0.4, -0.2) is 36.4 Å². The molecule has 2 unspecified atom stereocenters. The molecule has 0 heterocycles. The van der Waals surface area contributed by atoms with E-state index in [-0.39, 0.29) is 19.6 Å². The Bertz CT molecular complexity index is 499. The van der Waals surface area contributed by atoms with E-state index in [0.717, 1.165) is 5.56 Å². The van der Waals surface area contributed by atoms with Gasteiger partial charge in [0.05, 0.1) is 31.2 Å². The first kappa shape index (κ1) is 19.2. The van der Waals surface area contributed by atoms with Gasteiger partial charge < -0.3 is 14.6 Å². The molecule has 0 radical (unpaired) electrons. The first-order valence-electron chi connectivity index (χ1n) is 8.05. The summed E-state index contributed by atoms with van der Waals surface area (Å²) in [7, 11) is 0. The Kier molecular flexibility index (Phi) is 7.75. The Morgan fingerprint density at radius 1 is 1.09 bits per heavy atom. The minimum Gasteiger partial charge on any atom is -0.466 e. The number of aliphatic hydroxyl groups is 1. The molecule has 1 N–H and O–H groups in total. The monoisotopic (exact) mass is 322 g/mol. The largest absolute Gasteiger partial charge is 0.466 e. The number of aliphatic hydroxyl groups excluding tert-OH is 1. The van der Waals surface area contributed by atoms with Crippen LogP contribution in [0.25, 0.3) is 0 Å². The molecule has 0 saturated carbocycles. The smallest absolute Gasteiger partial charge is 0.315 e. The second-order valence-corrected chi connectivity index (χ2v) is 5.42. The third kappa shape index (κ3) is 5.06. The van der Waals surface area contributed by atoms with Crippen molar-refractivity contribution in [2.24, 2.45) is 5.41 Å². The Balaban J connectivity index is 3.07. The van der Waals surface area contributed by atoms with Crippen LogP contribution >= 0.6 is 0 Å². The van der Waals surface area contributed by atoms with Crippen molar-refractivity contribution in [1.29, 1.82) is 0 Å². The second kappa shape index (κ2) is 9.30. The highest BCUT2D eigenvalue weighted by Crippen LogP contribution is 2.35. The van der Waals surface area contributed by atoms with Gasteiger partial charge in [0.1, 0.15) is 0 Å². The lowest BCUT2D eigenvalue weighted by Gasteiger charge is -2.34. The highest BCUT2D eigenvalue weighted by Gasteiger charge is 2.46. The van der Waals surface area contributed by atoms with Crippen molar-refractivity contribution in [2.75, 3.05) is 13.2 Å². The Hall–Kier alpha value is -1.88. The lowest BCUT2D eigenvalue weighted by molar-refractivity contribution is -0.166. The second-order valence-electron chi connectivity index (χ2n) is 5.42. The van der Waals surface area contributed by atoms with E-state index in [1.165, 1.54) is 0 Å². The van der Waals surface area contributed by atoms with Crippen LogP contribution in [0.4, 0.5) is 0 Å². The zero-order valence-electron chi connectivity index (χ0n) is 14.1. The van der Waals surface area contributed by atoms with Crippen molar-refractivity contribution in [1.82, 2.24) is 0 Å². The van der Waals surface area contributed by atoms with Crippen molar-refractivity contribution in [3.8, 4) is 0 Å². The third-order valence-electron chi connectivity index (χ3n) is 3.98. The summed E-state index contributed by atoms with van der Waals surface area (Å²) in [4.78, 5) is 24.3. The Labute approximate surface area is 137 Å². The molecule has 0 aromatic heterocycles. The molecular formula is C18H26O5. The lowest BCUT2D eigenvalue weighted by atomic mass is 9.73. The van der Waals surface area contributed by atoms with Gasteiger partial charge in [-0.25, -0.2) is 0 Å². The van der Waals surface area contributed by atoms with Crippen LogP contribution in [0.5, 0.6) is 0 Å². The van der Waals surface area contributed by atoms with Crippen molar-refractivity contribution in [2.45, 2.75) is 46.1 Å². The highest BCUT2D eigenvalue weighted by molar-refractivity contribution is 5.80. The van der Waals surface area contributed by atoms with E-state index < -0.39 is 23.5 Å². The maximum atomic E-state index is 12.5. The molecule has 1 aromatic carbocycles. The minimum absolute atomic E-state index is 0.224. The zero-order chi connectivity index (χ0) is 17.3. The summed E-state index contributed by atoms with van der Waals surface area (Å²) in [6, 6.07) is 9.41. The number of carbonyl (C=O) groups excluding carboxylic acids is 2. The number of hydrogen-bond acceptors (Lipinski definition) is 5. The van der Waals surface area contributed by atoms with Crippen LogP contribution < -0.4 is 0 Å². The molecule has 0 saturated heterocycles. The summed E-state index contributed by atoms with van der Waals surface area (Å²) in [6.45, 7) is 5.70. The van der Waals surface area contributed by atoms with Crippen LogP contribution in [0.1, 0.15) is 39.2 Å². The van der Waals surface area contributed by atoms with Gasteiger partial charge in [-0.3, -0.25) is 9.59 Å². The van der Waals surface area contributed by atoms with Gasteiger partial charge in [-0.05, 0) is 32.3 Å². The first-order valence-corrected chi connectivity index (χ1v) is 8.05. The van der Waals surface area contributed by atoms with Gasteiger partial charge in [-0.15, -0.1) is 0 Å². The Morgan fingerprint density at radius 2 is 1.70 bits per heavy atom. The van der Waals surface area contributed by atoms with Crippen molar-refractivity contribution < 1.29 is 24.2 Å². The molecule has 0 aliphatic heterocycles. The number of rotatable bonds is 9. The van der Waals surface area contributed by atoms with E-state index in [9.17, 15) is 14.7 Å². The number of hydrogen-bond donors (Lipinski definition) is 1. The average molecular weight is 322 g/mol. The van der Waals surface area contributed by atoms with Crippen LogP contribution in [0.15, 0.2) is 30.3 Å². The van der Waals surface area contributed by atoms with E-state index in [1.54, 1.807) is 13.8 Å². The first-order chi connectivity index (χ1) is 11.0. The predicted octanol–water partition coefficient (Wildman–Crippen LogP) is 2.50. The van der Waals surface area contributed by atoms with Gasteiger partial charge in [-0.2, -0.15) is 0 Å². The molecule has 1 aromatic rings. The molecule has 0 bridgehead atoms. The van der Waals surface area contributed by atoms with Gasteiger partial charge in [0, 0.05) is 0 Å². The molecule has 128 valence electrons. The topological polar surface area (TPSA) is 72.8 Å². The molecule has 23 heavy (non-hydrogen) atoms. The normalized spacial score (nSPS) is 14.6. The van der Waals surface area contributed by atoms with Gasteiger partial charge in [0.2, 0.25) is 0 Å². The molecule has 5 heteroatoms. The fourth-order valence-electron chi connectivity index (χ4n) is 2.64. The molecule has 5 nitrogen and oxygen atoms in total. The van der Waals surface area contributed by atoms with Crippen molar-refractivity contribution >= 4 is 11.9 Å². The van der Waals surface area contributed by atoms with Crippen LogP contribution in [-0.2, 0) is 25.5 Å². The average Bonchev–Trinajstić information content (AvgIpc) is 2.53. The molecule has 1 rings (SSSR count). The fourth-order valence-corrected chi connectivity index (χ4v) is 2.64. The molecule has 2 atom stereocenters. The summed E-state index contributed by atoms with van der Waals surface area (Å²) in [5.41, 5.74) is -0.255. The van der Waals surface area contributed by atoms with Crippen molar-refractivity contribution in [3.05, 3.63) is 35.9 Å². The van der Waals surface area contributed by atoms with Crippen molar-refractivity contribution in [3.63, 3.8) is 0 Å². The van der Waals surface area contributed by atoms with Crippen LogP contribution in [0.2, 0.25) is 0 Å². The van der Waals surface area contributed by atoms with Gasteiger partial charge in [0.25, 0.3) is 0 Å². The SMILES string of the molecule is CCOC(=O)CC(O)C(CC)(Cc1ccccc1)C(=O)OCC. The number of benzene rings is 1. The molecule has 0 spiro atoms. The summed E-state index contributed by atoms with van der Waals surface area (Å²) in [5, 5.41) is 10.6. The van der Waals surface area contributed by atoms with E-state index in [0.29, 0.717) is 12.8 Å². The summed E-state index contributed by atoms with van der Waals surface area (Å²) in [5.74, 6) is -1.00. The molecule has 0 aliphatic rings. The van der Waals surface area contributed by atoms with Gasteiger partial charge >= 0.3 is 11.9 Å². The van der Waals surface area contributed by atoms with Crippen LogP contribution in [0.3, 0.4) is 0 Å². The zero-order valence-corrected chi connectivity index (χ0v) is 14.1. The summed E-state index contributed by atoms with van der Waals surface area (Å²) < 4.78 is 10.1. The number of carbonyl (C=O) groups is 2. The maximum Gasteiger partial charge on any atom is 0.315 e. The lowest BCUT2D eigenvalue weighted by Crippen LogP contribution is -2.46. The highest BCUT2D eigenvalue weighted by atomic mass is 16.5. The number of ether oxygens (including phenoxy) is 2. The molecule has 0 aliphatic carbocycles.